The van der Waals surface area contributed by atoms with Gasteiger partial charge in [0, 0.05) is 36.5 Å². The van der Waals surface area contributed by atoms with Gasteiger partial charge >= 0.3 is 5.97 Å². The number of hydrogen-bond acceptors (Lipinski definition) is 8. The fraction of sp³-hybridized carbons (Fsp3) is 0.440. The van der Waals surface area contributed by atoms with Crippen molar-refractivity contribution in [3.8, 4) is 0 Å². The van der Waals surface area contributed by atoms with Gasteiger partial charge in [0.15, 0.2) is 5.96 Å². The highest BCUT2D eigenvalue weighted by Gasteiger charge is 2.30. The molecule has 224 valence electrons. The molecule has 16 nitrogen and oxygen atoms in total. The summed E-state index contributed by atoms with van der Waals surface area (Å²) in [6.07, 6.45) is 1.63. The quantitative estimate of drug-likeness (QED) is 0.0514. The number of aliphatic carboxylic acids is 1. The first kappa shape index (κ1) is 32.5. The third kappa shape index (κ3) is 10.4. The van der Waals surface area contributed by atoms with Gasteiger partial charge in [-0.15, -0.1) is 0 Å². The van der Waals surface area contributed by atoms with Gasteiger partial charge in [0.05, 0.1) is 12.6 Å². The van der Waals surface area contributed by atoms with Crippen LogP contribution in [0.1, 0.15) is 31.2 Å². The highest BCUT2D eigenvalue weighted by atomic mass is 16.4. The van der Waals surface area contributed by atoms with E-state index in [1.54, 1.807) is 12.3 Å². The van der Waals surface area contributed by atoms with E-state index in [2.05, 4.69) is 25.9 Å². The van der Waals surface area contributed by atoms with Crippen LogP contribution < -0.4 is 38.9 Å². The van der Waals surface area contributed by atoms with E-state index in [0.29, 0.717) is 5.56 Å². The van der Waals surface area contributed by atoms with Crippen LogP contribution >= 0.6 is 0 Å². The number of carbonyl (C=O) groups is 5. The number of carboxylic acids is 1. The van der Waals surface area contributed by atoms with Gasteiger partial charge in [-0.1, -0.05) is 18.2 Å². The Bertz CT molecular complexity index is 1260. The fourth-order valence-electron chi connectivity index (χ4n) is 3.94. The number of primary amides is 1. The van der Waals surface area contributed by atoms with Crippen LogP contribution in [-0.2, 0) is 30.4 Å². The van der Waals surface area contributed by atoms with Crippen molar-refractivity contribution in [2.24, 2.45) is 27.9 Å². The number of benzene rings is 1. The molecule has 0 bridgehead atoms. The maximum Gasteiger partial charge on any atom is 0.326 e. The molecule has 1 aromatic carbocycles. The summed E-state index contributed by atoms with van der Waals surface area (Å²) in [6.45, 7) is -0.680. The van der Waals surface area contributed by atoms with Crippen LogP contribution in [0, 0.1) is 0 Å². The molecule has 0 aliphatic carbocycles. The van der Waals surface area contributed by atoms with Crippen LogP contribution in [0.5, 0.6) is 0 Å². The molecule has 1 aromatic heterocycles. The van der Waals surface area contributed by atoms with Gasteiger partial charge in [-0.3, -0.25) is 24.2 Å². The molecule has 4 amide bonds. The lowest BCUT2D eigenvalue weighted by molar-refractivity contribution is -0.142. The molecule has 14 N–H and O–H groups in total. The van der Waals surface area contributed by atoms with E-state index in [-0.39, 0.29) is 44.6 Å². The number of aromatic amines is 1. The van der Waals surface area contributed by atoms with Gasteiger partial charge in [0.2, 0.25) is 23.6 Å². The SMILES string of the molecule is NC(=O)CCC(N)C(=O)NC(CO)C(=O)NC(Cc1c[nH]c2ccccc12)C(=O)NC(CCCN=C(N)N)C(=O)O. The molecule has 0 saturated carbocycles. The Morgan fingerprint density at radius 3 is 2.17 bits per heavy atom. The molecule has 4 unspecified atom stereocenters. The summed E-state index contributed by atoms with van der Waals surface area (Å²) in [5.74, 6) is -4.65. The second-order valence-electron chi connectivity index (χ2n) is 9.33. The summed E-state index contributed by atoms with van der Waals surface area (Å²) in [5, 5.41) is 27.4. The van der Waals surface area contributed by atoms with E-state index in [1.165, 1.54) is 0 Å². The molecule has 0 aliphatic rings. The minimum absolute atomic E-state index is 0.00409. The Balaban J connectivity index is 2.21. The number of nitrogens with one attached hydrogen (secondary N) is 4. The van der Waals surface area contributed by atoms with Crippen LogP contribution in [-0.4, -0.2) is 88.1 Å². The molecule has 0 fully saturated rings. The number of nitrogens with two attached hydrogens (primary N) is 4. The van der Waals surface area contributed by atoms with Crippen molar-refractivity contribution in [3.05, 3.63) is 36.0 Å². The van der Waals surface area contributed by atoms with Crippen LogP contribution in [0.2, 0.25) is 0 Å². The number of H-pyrrole nitrogens is 1. The predicted molar refractivity (Wildman–Crippen MR) is 149 cm³/mol. The Morgan fingerprint density at radius 2 is 1.54 bits per heavy atom. The van der Waals surface area contributed by atoms with Gasteiger partial charge in [0.25, 0.3) is 0 Å². The number of fused-ring (bicyclic) bond motifs is 1. The first-order valence-corrected chi connectivity index (χ1v) is 12.8. The number of aliphatic hydroxyl groups excluding tert-OH is 1. The number of carboxylic acid groups (broad SMARTS) is 1. The standard InChI is InChI=1S/C25H37N9O7/c26-15(7-8-20(27)36)21(37)34-19(12-35)23(39)33-18(10-13-11-31-16-5-2-1-4-14(13)16)22(38)32-17(24(40)41)6-3-9-30-25(28)29/h1-2,4-5,11,15,17-19,31,35H,3,6-10,12,26H2,(H2,27,36)(H,32,38)(H,33,39)(H,34,37)(H,40,41)(H4,28,29,30). The van der Waals surface area contributed by atoms with E-state index in [4.69, 9.17) is 22.9 Å². The number of carbonyl (C=O) groups excluding carboxylic acids is 4. The third-order valence-electron chi connectivity index (χ3n) is 6.15. The summed E-state index contributed by atoms with van der Waals surface area (Å²) in [4.78, 5) is 68.4. The smallest absolute Gasteiger partial charge is 0.326 e. The van der Waals surface area contributed by atoms with Crippen molar-refractivity contribution in [1.29, 1.82) is 0 Å². The lowest BCUT2D eigenvalue weighted by Gasteiger charge is -2.24. The van der Waals surface area contributed by atoms with Gasteiger partial charge < -0.3 is 54.1 Å². The molecular formula is C25H37N9O7. The lowest BCUT2D eigenvalue weighted by atomic mass is 10.0. The predicted octanol–water partition coefficient (Wildman–Crippen LogP) is -3.11. The minimum atomic E-state index is -1.49. The van der Waals surface area contributed by atoms with E-state index in [9.17, 15) is 34.2 Å². The zero-order chi connectivity index (χ0) is 30.5. The van der Waals surface area contributed by atoms with Crippen molar-refractivity contribution in [2.75, 3.05) is 13.2 Å². The summed E-state index contributed by atoms with van der Waals surface area (Å²) in [5.41, 5.74) is 22.8. The monoisotopic (exact) mass is 575 g/mol. The van der Waals surface area contributed by atoms with Crippen LogP contribution in [0.15, 0.2) is 35.5 Å². The largest absolute Gasteiger partial charge is 0.480 e. The topological polar surface area (TPSA) is 294 Å². The van der Waals surface area contributed by atoms with Crippen molar-refractivity contribution < 1.29 is 34.2 Å². The Labute approximate surface area is 235 Å². The Hall–Kier alpha value is -4.70. The molecule has 16 heteroatoms. The summed E-state index contributed by atoms with van der Waals surface area (Å²) >= 11 is 0. The normalized spacial score (nSPS) is 13.8. The van der Waals surface area contributed by atoms with Gasteiger partial charge in [-0.25, -0.2) is 4.79 Å². The highest BCUT2D eigenvalue weighted by Crippen LogP contribution is 2.19. The number of rotatable bonds is 17. The molecular weight excluding hydrogens is 538 g/mol. The van der Waals surface area contributed by atoms with E-state index < -0.39 is 60.4 Å². The van der Waals surface area contributed by atoms with Crippen molar-refractivity contribution >= 4 is 46.5 Å². The first-order valence-electron chi connectivity index (χ1n) is 12.8. The van der Waals surface area contributed by atoms with Crippen molar-refractivity contribution in [2.45, 2.75) is 56.3 Å². The van der Waals surface area contributed by atoms with Crippen LogP contribution in [0.3, 0.4) is 0 Å². The number of aliphatic hydroxyl groups is 1. The van der Waals surface area contributed by atoms with E-state index in [0.717, 1.165) is 10.9 Å². The summed E-state index contributed by atoms with van der Waals surface area (Å²) in [7, 11) is 0. The van der Waals surface area contributed by atoms with Gasteiger partial charge in [-0.05, 0) is 30.9 Å². The number of aromatic nitrogens is 1. The second kappa shape index (κ2) is 15.8. The zero-order valence-electron chi connectivity index (χ0n) is 22.3. The molecule has 1 heterocycles. The second-order valence-corrected chi connectivity index (χ2v) is 9.33. The van der Waals surface area contributed by atoms with Gasteiger partial charge in [0.1, 0.15) is 18.1 Å². The molecule has 2 rings (SSSR count). The molecule has 2 aromatic rings. The maximum absolute atomic E-state index is 13.3. The average Bonchev–Trinajstić information content (AvgIpc) is 3.33. The number of hydrogen-bond donors (Lipinski definition) is 10. The summed E-state index contributed by atoms with van der Waals surface area (Å²) in [6, 6.07) is 1.97. The third-order valence-corrected chi connectivity index (χ3v) is 6.15. The molecule has 0 spiro atoms. The lowest BCUT2D eigenvalue weighted by Crippen LogP contribution is -2.58. The van der Waals surface area contributed by atoms with Crippen molar-refractivity contribution in [3.63, 3.8) is 0 Å². The number of nitrogens with zero attached hydrogens (tertiary/aromatic N) is 1. The van der Waals surface area contributed by atoms with Crippen molar-refractivity contribution in [1.82, 2.24) is 20.9 Å². The molecule has 41 heavy (non-hydrogen) atoms. The van der Waals surface area contributed by atoms with E-state index >= 15 is 0 Å². The first-order chi connectivity index (χ1) is 19.4. The highest BCUT2D eigenvalue weighted by molar-refractivity contribution is 5.95. The Kier molecular flexibility index (Phi) is 12.5. The Morgan fingerprint density at radius 1 is 0.902 bits per heavy atom. The average molecular weight is 576 g/mol. The van der Waals surface area contributed by atoms with Gasteiger partial charge in [-0.2, -0.15) is 0 Å². The fourth-order valence-corrected chi connectivity index (χ4v) is 3.94. The molecule has 0 radical (unpaired) electrons. The number of amides is 4. The molecule has 0 aliphatic heterocycles. The number of guanidine groups is 1. The summed E-state index contributed by atoms with van der Waals surface area (Å²) < 4.78 is 0. The van der Waals surface area contributed by atoms with Crippen LogP contribution in [0.25, 0.3) is 10.9 Å². The molecule has 4 atom stereocenters. The molecule has 0 saturated heterocycles. The zero-order valence-corrected chi connectivity index (χ0v) is 22.3. The maximum atomic E-state index is 13.3. The van der Waals surface area contributed by atoms with E-state index in [1.807, 2.05) is 18.2 Å². The number of aliphatic imine (C=N–C) groups is 1. The number of para-hydroxylation sites is 1. The van der Waals surface area contributed by atoms with Crippen LogP contribution in [0.4, 0.5) is 0 Å². The minimum Gasteiger partial charge on any atom is -0.480 e.